The van der Waals surface area contributed by atoms with Crippen molar-refractivity contribution in [3.63, 3.8) is 0 Å². The van der Waals surface area contributed by atoms with Gasteiger partial charge in [-0.15, -0.1) is 24.0 Å². The summed E-state index contributed by atoms with van der Waals surface area (Å²) in [6.07, 6.45) is 7.11. The lowest BCUT2D eigenvalue weighted by atomic mass is 10.1. The van der Waals surface area contributed by atoms with Crippen molar-refractivity contribution in [1.29, 1.82) is 0 Å². The van der Waals surface area contributed by atoms with Crippen molar-refractivity contribution in [1.82, 2.24) is 25.1 Å². The number of hydrogen-bond donors (Lipinski definition) is 2. The third-order valence-electron chi connectivity index (χ3n) is 4.99. The van der Waals surface area contributed by atoms with Crippen LogP contribution in [0.25, 0.3) is 0 Å². The van der Waals surface area contributed by atoms with E-state index in [0.29, 0.717) is 32.3 Å². The molecule has 164 valence electrons. The standard InChI is InChI=1S/C21H30N6O2.HI/c1-3-29-21(28)27-11-8-19(9-12-27)25-20(22-2)24-14-17-4-6-18(7-5-17)15-26-13-10-23-16-26;/h4-7,10,13,16,19H,3,8-9,11-12,14-15H2,1-2H3,(H2,22,24,25);1H. The normalized spacial score (nSPS) is 14.7. The van der Waals surface area contributed by atoms with E-state index in [4.69, 9.17) is 4.74 Å². The number of guanidine groups is 1. The first-order valence-electron chi connectivity index (χ1n) is 10.1. The first-order chi connectivity index (χ1) is 14.2. The van der Waals surface area contributed by atoms with Gasteiger partial charge in [0, 0.05) is 51.7 Å². The molecule has 0 atom stereocenters. The summed E-state index contributed by atoms with van der Waals surface area (Å²) in [5, 5.41) is 6.83. The third kappa shape index (κ3) is 7.19. The van der Waals surface area contributed by atoms with Gasteiger partial charge in [0.2, 0.25) is 0 Å². The molecule has 0 bridgehead atoms. The van der Waals surface area contributed by atoms with Gasteiger partial charge >= 0.3 is 6.09 Å². The number of imidazole rings is 1. The fourth-order valence-electron chi connectivity index (χ4n) is 3.35. The van der Waals surface area contributed by atoms with Gasteiger partial charge in [-0.2, -0.15) is 0 Å². The first kappa shape index (κ1) is 24.0. The summed E-state index contributed by atoms with van der Waals surface area (Å²) >= 11 is 0. The van der Waals surface area contributed by atoms with Gasteiger partial charge in [-0.1, -0.05) is 24.3 Å². The Hall–Kier alpha value is -2.30. The monoisotopic (exact) mass is 526 g/mol. The van der Waals surface area contributed by atoms with Gasteiger partial charge in [-0.25, -0.2) is 9.78 Å². The Morgan fingerprint density at radius 3 is 2.53 bits per heavy atom. The number of ether oxygens (including phenoxy) is 1. The van der Waals surface area contributed by atoms with E-state index in [1.807, 2.05) is 24.0 Å². The lowest BCUT2D eigenvalue weighted by molar-refractivity contribution is 0.0963. The highest BCUT2D eigenvalue weighted by Crippen LogP contribution is 2.12. The zero-order chi connectivity index (χ0) is 20.5. The second kappa shape index (κ2) is 12.4. The number of aliphatic imine (C=N–C) groups is 1. The van der Waals surface area contributed by atoms with E-state index in [2.05, 4.69) is 44.9 Å². The fourth-order valence-corrected chi connectivity index (χ4v) is 3.35. The number of benzene rings is 1. The number of halogens is 1. The van der Waals surface area contributed by atoms with E-state index in [-0.39, 0.29) is 30.1 Å². The summed E-state index contributed by atoms with van der Waals surface area (Å²) in [5.74, 6) is 0.780. The predicted octanol–water partition coefficient (Wildman–Crippen LogP) is 2.84. The molecule has 1 saturated heterocycles. The molecule has 3 rings (SSSR count). The molecule has 1 aromatic carbocycles. The van der Waals surface area contributed by atoms with Crippen LogP contribution in [-0.4, -0.2) is 59.3 Å². The predicted molar refractivity (Wildman–Crippen MR) is 128 cm³/mol. The molecule has 30 heavy (non-hydrogen) atoms. The van der Waals surface area contributed by atoms with E-state index < -0.39 is 0 Å². The number of piperidine rings is 1. The quantitative estimate of drug-likeness (QED) is 0.344. The van der Waals surface area contributed by atoms with Crippen molar-refractivity contribution in [3.8, 4) is 0 Å². The average Bonchev–Trinajstić information content (AvgIpc) is 3.26. The van der Waals surface area contributed by atoms with Gasteiger partial charge in [0.25, 0.3) is 0 Å². The maximum Gasteiger partial charge on any atom is 0.409 e. The number of aromatic nitrogens is 2. The summed E-state index contributed by atoms with van der Waals surface area (Å²) in [7, 11) is 1.78. The van der Waals surface area contributed by atoms with Crippen LogP contribution in [0, 0.1) is 0 Å². The van der Waals surface area contributed by atoms with Crippen LogP contribution in [0.1, 0.15) is 30.9 Å². The maximum absolute atomic E-state index is 11.8. The van der Waals surface area contributed by atoms with Crippen molar-refractivity contribution in [2.45, 2.75) is 38.9 Å². The molecule has 1 aliphatic heterocycles. The van der Waals surface area contributed by atoms with Gasteiger partial charge in [-0.3, -0.25) is 4.99 Å². The van der Waals surface area contributed by atoms with Crippen molar-refractivity contribution in [2.75, 3.05) is 26.7 Å². The minimum absolute atomic E-state index is 0. The number of carbonyl (C=O) groups excluding carboxylic acids is 1. The molecule has 0 radical (unpaired) electrons. The van der Waals surface area contributed by atoms with Crippen LogP contribution in [0.3, 0.4) is 0 Å². The van der Waals surface area contributed by atoms with Crippen LogP contribution in [0.15, 0.2) is 48.0 Å². The summed E-state index contributed by atoms with van der Waals surface area (Å²) in [5.41, 5.74) is 2.43. The molecule has 2 N–H and O–H groups in total. The van der Waals surface area contributed by atoms with Crippen molar-refractivity contribution in [3.05, 3.63) is 54.1 Å². The van der Waals surface area contributed by atoms with Crippen molar-refractivity contribution in [2.24, 2.45) is 4.99 Å². The number of nitrogens with one attached hydrogen (secondary N) is 2. The van der Waals surface area contributed by atoms with Crippen LogP contribution in [0.4, 0.5) is 4.79 Å². The molecule has 8 nitrogen and oxygen atoms in total. The molecule has 1 aromatic heterocycles. The Bertz CT molecular complexity index is 786. The van der Waals surface area contributed by atoms with Crippen molar-refractivity contribution < 1.29 is 9.53 Å². The Morgan fingerprint density at radius 2 is 1.93 bits per heavy atom. The molecule has 1 fully saturated rings. The molecule has 0 unspecified atom stereocenters. The second-order valence-electron chi connectivity index (χ2n) is 7.08. The van der Waals surface area contributed by atoms with E-state index in [1.165, 1.54) is 11.1 Å². The number of likely N-dealkylation sites (tertiary alicyclic amines) is 1. The van der Waals surface area contributed by atoms with Crippen LogP contribution < -0.4 is 10.6 Å². The Kier molecular flexibility index (Phi) is 9.92. The highest BCUT2D eigenvalue weighted by molar-refractivity contribution is 14.0. The number of nitrogens with zero attached hydrogens (tertiary/aromatic N) is 4. The molecule has 1 aliphatic rings. The molecule has 0 saturated carbocycles. The van der Waals surface area contributed by atoms with E-state index in [9.17, 15) is 4.79 Å². The minimum atomic E-state index is -0.218. The van der Waals surface area contributed by atoms with Gasteiger partial charge in [0.15, 0.2) is 5.96 Å². The summed E-state index contributed by atoms with van der Waals surface area (Å²) < 4.78 is 7.12. The molecule has 1 amide bonds. The maximum atomic E-state index is 11.8. The number of rotatable bonds is 6. The summed E-state index contributed by atoms with van der Waals surface area (Å²) in [4.78, 5) is 22.0. The van der Waals surface area contributed by atoms with Gasteiger partial charge in [0.05, 0.1) is 12.9 Å². The Morgan fingerprint density at radius 1 is 1.23 bits per heavy atom. The zero-order valence-corrected chi connectivity index (χ0v) is 19.9. The third-order valence-corrected chi connectivity index (χ3v) is 4.99. The molecular weight excluding hydrogens is 495 g/mol. The lowest BCUT2D eigenvalue weighted by Gasteiger charge is -2.32. The largest absolute Gasteiger partial charge is 0.450 e. The van der Waals surface area contributed by atoms with E-state index in [1.54, 1.807) is 18.1 Å². The van der Waals surface area contributed by atoms with E-state index >= 15 is 0 Å². The minimum Gasteiger partial charge on any atom is -0.450 e. The number of hydrogen-bond acceptors (Lipinski definition) is 4. The fraction of sp³-hybridized carbons (Fsp3) is 0.476. The summed E-state index contributed by atoms with van der Waals surface area (Å²) in [6, 6.07) is 8.83. The smallest absolute Gasteiger partial charge is 0.409 e. The van der Waals surface area contributed by atoms with Crippen LogP contribution >= 0.6 is 24.0 Å². The summed E-state index contributed by atoms with van der Waals surface area (Å²) in [6.45, 7) is 5.17. The van der Waals surface area contributed by atoms with E-state index in [0.717, 1.165) is 25.3 Å². The van der Waals surface area contributed by atoms with Crippen molar-refractivity contribution >= 4 is 36.0 Å². The highest BCUT2D eigenvalue weighted by atomic mass is 127. The molecule has 9 heteroatoms. The molecular formula is C21H31IN6O2. The van der Waals surface area contributed by atoms with Gasteiger partial charge in [-0.05, 0) is 30.9 Å². The SMILES string of the molecule is CCOC(=O)N1CCC(NC(=NC)NCc2ccc(Cn3ccnc3)cc2)CC1.I. The number of carbonyl (C=O) groups is 1. The second-order valence-corrected chi connectivity index (χ2v) is 7.08. The first-order valence-corrected chi connectivity index (χ1v) is 10.1. The molecule has 2 aromatic rings. The Labute approximate surface area is 195 Å². The van der Waals surface area contributed by atoms with Crippen LogP contribution in [0.5, 0.6) is 0 Å². The average molecular weight is 526 g/mol. The van der Waals surface area contributed by atoms with Crippen LogP contribution in [-0.2, 0) is 17.8 Å². The molecule has 2 heterocycles. The lowest BCUT2D eigenvalue weighted by Crippen LogP contribution is -2.49. The number of amides is 1. The Balaban J connectivity index is 0.00000320. The molecule has 0 aliphatic carbocycles. The van der Waals surface area contributed by atoms with Crippen LogP contribution in [0.2, 0.25) is 0 Å². The van der Waals surface area contributed by atoms with Gasteiger partial charge in [0.1, 0.15) is 0 Å². The topological polar surface area (TPSA) is 83.8 Å². The van der Waals surface area contributed by atoms with Gasteiger partial charge < -0.3 is 24.8 Å². The molecule has 0 spiro atoms. The highest BCUT2D eigenvalue weighted by Gasteiger charge is 2.23. The zero-order valence-electron chi connectivity index (χ0n) is 17.6.